The van der Waals surface area contributed by atoms with Crippen LogP contribution in [0.2, 0.25) is 0 Å². The highest BCUT2D eigenvalue weighted by Crippen LogP contribution is 2.37. The second-order valence-corrected chi connectivity index (χ2v) is 6.90. The number of rotatable bonds is 2. The van der Waals surface area contributed by atoms with Crippen molar-refractivity contribution in [2.24, 2.45) is 11.8 Å². The average molecular weight is 295 g/mol. The number of morpholine rings is 1. The lowest BCUT2D eigenvalue weighted by Gasteiger charge is -2.45. The van der Waals surface area contributed by atoms with Crippen molar-refractivity contribution in [3.05, 3.63) is 0 Å². The Balaban J connectivity index is 1.61. The van der Waals surface area contributed by atoms with Crippen molar-refractivity contribution in [1.29, 1.82) is 0 Å². The van der Waals surface area contributed by atoms with Gasteiger partial charge in [0.1, 0.15) is 0 Å². The maximum Gasteiger partial charge on any atom is 0.306 e. The second-order valence-electron chi connectivity index (χ2n) is 6.90. The summed E-state index contributed by atoms with van der Waals surface area (Å²) in [5.41, 5.74) is -0.114. The molecule has 5 nitrogen and oxygen atoms in total. The number of carboxylic acid groups (broad SMARTS) is 1. The van der Waals surface area contributed by atoms with Gasteiger partial charge < -0.3 is 14.7 Å². The Labute approximate surface area is 125 Å². The minimum atomic E-state index is -0.754. The van der Waals surface area contributed by atoms with Gasteiger partial charge in [-0.2, -0.15) is 0 Å². The van der Waals surface area contributed by atoms with Gasteiger partial charge in [0.2, 0.25) is 5.91 Å². The van der Waals surface area contributed by atoms with Crippen molar-refractivity contribution < 1.29 is 19.4 Å². The largest absolute Gasteiger partial charge is 0.481 e. The molecule has 0 bridgehead atoms. The van der Waals surface area contributed by atoms with Gasteiger partial charge in [-0.25, -0.2) is 0 Å². The van der Waals surface area contributed by atoms with Crippen LogP contribution < -0.4 is 0 Å². The molecule has 5 heteroatoms. The monoisotopic (exact) mass is 295 g/mol. The van der Waals surface area contributed by atoms with E-state index in [0.29, 0.717) is 32.5 Å². The molecule has 1 amide bonds. The predicted octanol–water partition coefficient (Wildman–Crippen LogP) is 2.05. The molecule has 1 heterocycles. The molecule has 21 heavy (non-hydrogen) atoms. The van der Waals surface area contributed by atoms with E-state index in [1.165, 1.54) is 19.3 Å². The number of nitrogens with zero attached hydrogens (tertiary/aromatic N) is 1. The number of aliphatic carboxylic acids is 1. The quantitative estimate of drug-likeness (QED) is 0.846. The SMILES string of the molecule is O=C(O)[C@@H]1CC[C@H](C(=O)N2CCOC3(CCCCC3)C2)C1. The number of carboxylic acids is 1. The number of hydrogen-bond donors (Lipinski definition) is 1. The van der Waals surface area contributed by atoms with Crippen LogP contribution in [-0.4, -0.2) is 47.2 Å². The zero-order valence-electron chi connectivity index (χ0n) is 12.6. The van der Waals surface area contributed by atoms with E-state index in [-0.39, 0.29) is 23.3 Å². The Bertz CT molecular complexity index is 411. The lowest BCUT2D eigenvalue weighted by Crippen LogP contribution is -2.55. The highest BCUT2D eigenvalue weighted by Gasteiger charge is 2.42. The highest BCUT2D eigenvalue weighted by atomic mass is 16.5. The standard InChI is InChI=1S/C16H25NO4/c18-14(12-4-5-13(10-12)15(19)20)17-8-9-21-16(11-17)6-2-1-3-7-16/h12-13H,1-11H2,(H,19,20)/t12-,13+/m0/s1. The van der Waals surface area contributed by atoms with Gasteiger partial charge in [0.05, 0.1) is 18.1 Å². The van der Waals surface area contributed by atoms with Gasteiger partial charge in [-0.05, 0) is 32.1 Å². The summed E-state index contributed by atoms with van der Waals surface area (Å²) in [6.07, 6.45) is 7.62. The molecule has 0 aromatic heterocycles. The smallest absolute Gasteiger partial charge is 0.306 e. The van der Waals surface area contributed by atoms with Gasteiger partial charge >= 0.3 is 5.97 Å². The summed E-state index contributed by atoms with van der Waals surface area (Å²) in [6, 6.07) is 0. The first-order chi connectivity index (χ1) is 10.1. The molecule has 2 atom stereocenters. The Hall–Kier alpha value is -1.10. The maximum absolute atomic E-state index is 12.7. The minimum absolute atomic E-state index is 0.0927. The van der Waals surface area contributed by atoms with Crippen molar-refractivity contribution in [1.82, 2.24) is 4.90 Å². The second kappa shape index (κ2) is 5.95. The average Bonchev–Trinajstić information content (AvgIpc) is 2.97. The van der Waals surface area contributed by atoms with Crippen LogP contribution in [0.25, 0.3) is 0 Å². The van der Waals surface area contributed by atoms with Gasteiger partial charge in [-0.3, -0.25) is 9.59 Å². The number of hydrogen-bond acceptors (Lipinski definition) is 3. The van der Waals surface area contributed by atoms with Crippen molar-refractivity contribution in [3.63, 3.8) is 0 Å². The molecule has 3 aliphatic rings. The predicted molar refractivity (Wildman–Crippen MR) is 76.8 cm³/mol. The molecule has 3 fully saturated rings. The fraction of sp³-hybridized carbons (Fsp3) is 0.875. The van der Waals surface area contributed by atoms with Gasteiger partial charge in [0, 0.05) is 19.0 Å². The summed E-state index contributed by atoms with van der Waals surface area (Å²) < 4.78 is 6.02. The Morgan fingerprint density at radius 3 is 2.48 bits per heavy atom. The molecule has 1 N–H and O–H groups in total. The van der Waals surface area contributed by atoms with E-state index >= 15 is 0 Å². The van der Waals surface area contributed by atoms with Crippen LogP contribution in [0, 0.1) is 11.8 Å². The van der Waals surface area contributed by atoms with Crippen LogP contribution in [-0.2, 0) is 14.3 Å². The van der Waals surface area contributed by atoms with E-state index < -0.39 is 5.97 Å². The molecular weight excluding hydrogens is 270 g/mol. The van der Waals surface area contributed by atoms with Gasteiger partial charge in [0.15, 0.2) is 0 Å². The molecule has 1 aliphatic heterocycles. The van der Waals surface area contributed by atoms with Crippen molar-refractivity contribution in [2.75, 3.05) is 19.7 Å². The Morgan fingerprint density at radius 2 is 1.81 bits per heavy atom. The molecule has 0 aromatic rings. The maximum atomic E-state index is 12.7. The number of carbonyl (C=O) groups is 2. The minimum Gasteiger partial charge on any atom is -0.481 e. The molecule has 3 rings (SSSR count). The number of amides is 1. The topological polar surface area (TPSA) is 66.8 Å². The molecule has 0 aromatic carbocycles. The third-order valence-electron chi connectivity index (χ3n) is 5.46. The van der Waals surface area contributed by atoms with Crippen LogP contribution in [0.1, 0.15) is 51.4 Å². The first-order valence-corrected chi connectivity index (χ1v) is 8.25. The fourth-order valence-electron chi connectivity index (χ4n) is 4.22. The third-order valence-corrected chi connectivity index (χ3v) is 5.46. The van der Waals surface area contributed by atoms with Gasteiger partial charge in [-0.15, -0.1) is 0 Å². The molecule has 1 saturated heterocycles. The summed E-state index contributed by atoms with van der Waals surface area (Å²) in [5.74, 6) is -1.02. The van der Waals surface area contributed by atoms with E-state index in [2.05, 4.69) is 0 Å². The molecule has 0 unspecified atom stereocenters. The van der Waals surface area contributed by atoms with Crippen LogP contribution in [0.3, 0.4) is 0 Å². The first-order valence-electron chi connectivity index (χ1n) is 8.25. The fourth-order valence-corrected chi connectivity index (χ4v) is 4.22. The van der Waals surface area contributed by atoms with Crippen LogP contribution in [0.5, 0.6) is 0 Å². The van der Waals surface area contributed by atoms with Crippen molar-refractivity contribution in [2.45, 2.75) is 57.0 Å². The zero-order chi connectivity index (χ0) is 14.9. The summed E-state index contributed by atoms with van der Waals surface area (Å²) >= 11 is 0. The number of carbonyl (C=O) groups excluding carboxylic acids is 1. The molecule has 2 saturated carbocycles. The summed E-state index contributed by atoms with van der Waals surface area (Å²) in [4.78, 5) is 25.7. The van der Waals surface area contributed by atoms with Crippen molar-refractivity contribution >= 4 is 11.9 Å². The van der Waals surface area contributed by atoms with E-state index in [1.807, 2.05) is 4.90 Å². The molecule has 2 aliphatic carbocycles. The molecular formula is C16H25NO4. The summed E-state index contributed by atoms with van der Waals surface area (Å²) in [7, 11) is 0. The first kappa shape index (κ1) is 14.8. The van der Waals surface area contributed by atoms with Gasteiger partial charge in [-0.1, -0.05) is 19.3 Å². The zero-order valence-corrected chi connectivity index (χ0v) is 12.6. The van der Waals surface area contributed by atoms with Crippen LogP contribution in [0.15, 0.2) is 0 Å². The lowest BCUT2D eigenvalue weighted by molar-refractivity contribution is -0.159. The highest BCUT2D eigenvalue weighted by molar-refractivity contribution is 5.81. The van der Waals surface area contributed by atoms with E-state index in [1.54, 1.807) is 0 Å². The van der Waals surface area contributed by atoms with E-state index in [9.17, 15) is 9.59 Å². The lowest BCUT2D eigenvalue weighted by atomic mass is 9.83. The van der Waals surface area contributed by atoms with E-state index in [0.717, 1.165) is 19.3 Å². The van der Waals surface area contributed by atoms with E-state index in [4.69, 9.17) is 9.84 Å². The summed E-state index contributed by atoms with van der Waals surface area (Å²) in [5, 5.41) is 9.08. The molecule has 0 radical (unpaired) electrons. The summed E-state index contributed by atoms with van der Waals surface area (Å²) in [6.45, 7) is 2.00. The normalized spacial score (nSPS) is 32.3. The van der Waals surface area contributed by atoms with Crippen LogP contribution in [0.4, 0.5) is 0 Å². The Kier molecular flexibility index (Phi) is 4.20. The van der Waals surface area contributed by atoms with Crippen molar-refractivity contribution in [3.8, 4) is 0 Å². The Morgan fingerprint density at radius 1 is 1.10 bits per heavy atom. The molecule has 118 valence electrons. The van der Waals surface area contributed by atoms with Gasteiger partial charge in [0.25, 0.3) is 0 Å². The third kappa shape index (κ3) is 3.07. The van der Waals surface area contributed by atoms with Crippen LogP contribution >= 0.6 is 0 Å². The molecule has 1 spiro atoms. The number of ether oxygens (including phenoxy) is 1.